The quantitative estimate of drug-likeness (QED) is 0.697. The SMILES string of the molecule is CC1CCC(=O)N1c1ccc(Cl)cc1. The minimum atomic E-state index is 0.208. The molecule has 0 spiro atoms. The van der Waals surface area contributed by atoms with Gasteiger partial charge in [-0.25, -0.2) is 0 Å². The number of rotatable bonds is 1. The highest BCUT2D eigenvalue weighted by Crippen LogP contribution is 2.27. The molecule has 1 aromatic rings. The summed E-state index contributed by atoms with van der Waals surface area (Å²) < 4.78 is 0. The zero-order valence-corrected chi connectivity index (χ0v) is 8.79. The van der Waals surface area contributed by atoms with Crippen molar-refractivity contribution in [1.82, 2.24) is 0 Å². The molecule has 0 N–H and O–H groups in total. The van der Waals surface area contributed by atoms with Crippen molar-refractivity contribution < 1.29 is 4.79 Å². The number of carbonyl (C=O) groups excluding carboxylic acids is 1. The second-order valence-electron chi connectivity index (χ2n) is 3.63. The first-order chi connectivity index (χ1) is 6.68. The van der Waals surface area contributed by atoms with Gasteiger partial charge in [0.05, 0.1) is 0 Å². The molecule has 1 amide bonds. The van der Waals surface area contributed by atoms with Crippen molar-refractivity contribution >= 4 is 23.2 Å². The van der Waals surface area contributed by atoms with E-state index in [2.05, 4.69) is 6.92 Å². The van der Waals surface area contributed by atoms with Gasteiger partial charge >= 0.3 is 0 Å². The van der Waals surface area contributed by atoms with E-state index in [1.54, 1.807) is 0 Å². The first-order valence-corrected chi connectivity index (χ1v) is 5.14. The van der Waals surface area contributed by atoms with Crippen LogP contribution in [0.2, 0.25) is 5.02 Å². The maximum Gasteiger partial charge on any atom is 0.227 e. The molecular formula is C11H12ClNO. The average Bonchev–Trinajstić information content (AvgIpc) is 2.49. The summed E-state index contributed by atoms with van der Waals surface area (Å²) in [6.07, 6.45) is 1.60. The van der Waals surface area contributed by atoms with Crippen molar-refractivity contribution in [3.05, 3.63) is 29.3 Å². The molecule has 1 aliphatic rings. The van der Waals surface area contributed by atoms with Crippen LogP contribution in [0.15, 0.2) is 24.3 Å². The number of anilines is 1. The van der Waals surface area contributed by atoms with Crippen molar-refractivity contribution in [2.75, 3.05) is 4.90 Å². The Morgan fingerprint density at radius 2 is 2.00 bits per heavy atom. The van der Waals surface area contributed by atoms with Gasteiger partial charge in [-0.15, -0.1) is 0 Å². The van der Waals surface area contributed by atoms with E-state index >= 15 is 0 Å². The largest absolute Gasteiger partial charge is 0.310 e. The van der Waals surface area contributed by atoms with E-state index in [-0.39, 0.29) is 5.91 Å². The van der Waals surface area contributed by atoms with Gasteiger partial charge in [-0.2, -0.15) is 0 Å². The normalized spacial score (nSPS) is 21.7. The van der Waals surface area contributed by atoms with E-state index in [9.17, 15) is 4.79 Å². The predicted octanol–water partition coefficient (Wildman–Crippen LogP) is 2.86. The standard InChI is InChI=1S/C11H12ClNO/c1-8-2-7-11(14)13(8)10-5-3-9(12)4-6-10/h3-6,8H,2,7H2,1H3. The lowest BCUT2D eigenvalue weighted by molar-refractivity contribution is -0.117. The molecule has 0 radical (unpaired) electrons. The summed E-state index contributed by atoms with van der Waals surface area (Å²) in [7, 11) is 0. The van der Waals surface area contributed by atoms with Gasteiger partial charge in [-0.1, -0.05) is 11.6 Å². The van der Waals surface area contributed by atoms with Gasteiger partial charge in [0.1, 0.15) is 0 Å². The maximum absolute atomic E-state index is 11.6. The van der Waals surface area contributed by atoms with E-state index in [0.717, 1.165) is 12.1 Å². The van der Waals surface area contributed by atoms with Crippen LogP contribution < -0.4 is 4.90 Å². The van der Waals surface area contributed by atoms with Gasteiger partial charge in [0.25, 0.3) is 0 Å². The Morgan fingerprint density at radius 1 is 1.36 bits per heavy atom. The van der Waals surface area contributed by atoms with Gasteiger partial charge in [0.2, 0.25) is 5.91 Å². The molecule has 1 unspecified atom stereocenters. The Hall–Kier alpha value is -1.02. The number of hydrogen-bond donors (Lipinski definition) is 0. The van der Waals surface area contributed by atoms with Crippen molar-refractivity contribution in [3.8, 4) is 0 Å². The van der Waals surface area contributed by atoms with Crippen LogP contribution in [0.4, 0.5) is 5.69 Å². The average molecular weight is 210 g/mol. The third-order valence-corrected chi connectivity index (χ3v) is 2.84. The molecule has 2 nitrogen and oxygen atoms in total. The minimum absolute atomic E-state index is 0.208. The zero-order valence-electron chi connectivity index (χ0n) is 8.03. The van der Waals surface area contributed by atoms with Crippen LogP contribution in [0.5, 0.6) is 0 Å². The number of carbonyl (C=O) groups is 1. The Kier molecular flexibility index (Phi) is 2.46. The number of halogens is 1. The summed E-state index contributed by atoms with van der Waals surface area (Å²) in [4.78, 5) is 13.4. The van der Waals surface area contributed by atoms with E-state index in [0.29, 0.717) is 17.5 Å². The monoisotopic (exact) mass is 209 g/mol. The third kappa shape index (κ3) is 1.62. The highest BCUT2D eigenvalue weighted by atomic mass is 35.5. The van der Waals surface area contributed by atoms with Crippen LogP contribution in [0.25, 0.3) is 0 Å². The number of hydrogen-bond acceptors (Lipinski definition) is 1. The summed E-state index contributed by atoms with van der Waals surface area (Å²) in [5, 5.41) is 0.702. The fourth-order valence-corrected chi connectivity index (χ4v) is 1.95. The highest BCUT2D eigenvalue weighted by Gasteiger charge is 2.28. The topological polar surface area (TPSA) is 20.3 Å². The van der Waals surface area contributed by atoms with E-state index < -0.39 is 0 Å². The molecule has 3 heteroatoms. The van der Waals surface area contributed by atoms with Crippen LogP contribution in [-0.2, 0) is 4.79 Å². The Balaban J connectivity index is 2.30. The fourth-order valence-electron chi connectivity index (χ4n) is 1.83. The molecule has 1 heterocycles. The van der Waals surface area contributed by atoms with Crippen molar-refractivity contribution in [2.24, 2.45) is 0 Å². The molecule has 1 saturated heterocycles. The second kappa shape index (κ2) is 3.62. The van der Waals surface area contributed by atoms with Crippen molar-refractivity contribution in [2.45, 2.75) is 25.8 Å². The number of benzene rings is 1. The van der Waals surface area contributed by atoms with Gasteiger partial charge in [0.15, 0.2) is 0 Å². The summed E-state index contributed by atoms with van der Waals surface area (Å²) in [6, 6.07) is 7.72. The molecular weight excluding hydrogens is 198 g/mol. The molecule has 1 aliphatic heterocycles. The van der Waals surface area contributed by atoms with Crippen LogP contribution in [-0.4, -0.2) is 11.9 Å². The predicted molar refractivity (Wildman–Crippen MR) is 57.6 cm³/mol. The molecule has 1 fully saturated rings. The molecule has 0 aliphatic carbocycles. The van der Waals surface area contributed by atoms with Crippen molar-refractivity contribution in [1.29, 1.82) is 0 Å². The lowest BCUT2D eigenvalue weighted by Crippen LogP contribution is -2.30. The van der Waals surface area contributed by atoms with Crippen LogP contribution in [0.1, 0.15) is 19.8 Å². The lowest BCUT2D eigenvalue weighted by atomic mass is 10.2. The van der Waals surface area contributed by atoms with Crippen LogP contribution in [0.3, 0.4) is 0 Å². The Bertz CT molecular complexity index is 347. The molecule has 0 saturated carbocycles. The third-order valence-electron chi connectivity index (χ3n) is 2.59. The number of amides is 1. The minimum Gasteiger partial charge on any atom is -0.310 e. The highest BCUT2D eigenvalue weighted by molar-refractivity contribution is 6.30. The molecule has 1 atom stereocenters. The van der Waals surface area contributed by atoms with Gasteiger partial charge in [-0.3, -0.25) is 4.79 Å². The first kappa shape index (κ1) is 9.53. The van der Waals surface area contributed by atoms with E-state index in [1.165, 1.54) is 0 Å². The summed E-state index contributed by atoms with van der Waals surface area (Å²) in [5.41, 5.74) is 0.949. The molecule has 74 valence electrons. The smallest absolute Gasteiger partial charge is 0.227 e. The van der Waals surface area contributed by atoms with Gasteiger partial charge in [0, 0.05) is 23.2 Å². The van der Waals surface area contributed by atoms with Gasteiger partial charge < -0.3 is 4.90 Å². The van der Waals surface area contributed by atoms with Crippen LogP contribution in [0, 0.1) is 0 Å². The molecule has 0 bridgehead atoms. The maximum atomic E-state index is 11.6. The second-order valence-corrected chi connectivity index (χ2v) is 4.06. The fraction of sp³-hybridized carbons (Fsp3) is 0.364. The van der Waals surface area contributed by atoms with E-state index in [4.69, 9.17) is 11.6 Å². The van der Waals surface area contributed by atoms with Crippen LogP contribution >= 0.6 is 11.6 Å². The number of nitrogens with zero attached hydrogens (tertiary/aromatic N) is 1. The molecule has 14 heavy (non-hydrogen) atoms. The van der Waals surface area contributed by atoms with Gasteiger partial charge in [-0.05, 0) is 37.6 Å². The molecule has 1 aromatic carbocycles. The summed E-state index contributed by atoms with van der Waals surface area (Å²) >= 11 is 5.79. The first-order valence-electron chi connectivity index (χ1n) is 4.76. The Labute approximate surface area is 88.5 Å². The molecule has 2 rings (SSSR count). The molecule has 0 aromatic heterocycles. The van der Waals surface area contributed by atoms with E-state index in [1.807, 2.05) is 29.2 Å². The summed E-state index contributed by atoms with van der Waals surface area (Å²) in [6.45, 7) is 2.07. The zero-order chi connectivity index (χ0) is 10.1. The Morgan fingerprint density at radius 3 is 2.50 bits per heavy atom. The lowest BCUT2D eigenvalue weighted by Gasteiger charge is -2.21. The summed E-state index contributed by atoms with van der Waals surface area (Å²) in [5.74, 6) is 0.208. The van der Waals surface area contributed by atoms with Crippen molar-refractivity contribution in [3.63, 3.8) is 0 Å².